The number of nitrogens with zero attached hydrogens (tertiary/aromatic N) is 1. The number of nitrogens with one attached hydrogen (secondary N) is 1. The van der Waals surface area contributed by atoms with Crippen LogP contribution in [0, 0.1) is 0 Å². The molecule has 1 aliphatic heterocycles. The molecular formula is C14H22BrClN2O. The minimum absolute atomic E-state index is 0. The average molecular weight is 350 g/mol. The lowest BCUT2D eigenvalue weighted by Gasteiger charge is -2.32. The van der Waals surface area contributed by atoms with E-state index in [1.54, 1.807) is 7.11 Å². The maximum Gasteiger partial charge on any atom is 0.119 e. The van der Waals surface area contributed by atoms with Crippen LogP contribution in [0.5, 0.6) is 5.75 Å². The summed E-state index contributed by atoms with van der Waals surface area (Å²) in [6.07, 6.45) is 2.55. The zero-order valence-corrected chi connectivity index (χ0v) is 13.9. The van der Waals surface area contributed by atoms with Crippen molar-refractivity contribution in [3.05, 3.63) is 28.2 Å². The van der Waals surface area contributed by atoms with E-state index in [1.165, 1.54) is 24.9 Å². The molecular weight excluding hydrogens is 328 g/mol. The van der Waals surface area contributed by atoms with Crippen molar-refractivity contribution in [3.63, 3.8) is 0 Å². The van der Waals surface area contributed by atoms with Gasteiger partial charge in [-0.15, -0.1) is 12.4 Å². The molecule has 0 bridgehead atoms. The van der Waals surface area contributed by atoms with E-state index >= 15 is 0 Å². The van der Waals surface area contributed by atoms with E-state index in [0.29, 0.717) is 6.04 Å². The van der Waals surface area contributed by atoms with Gasteiger partial charge in [-0.3, -0.25) is 4.90 Å². The zero-order chi connectivity index (χ0) is 13.0. The number of likely N-dealkylation sites (tertiary alicyclic amines) is 1. The van der Waals surface area contributed by atoms with Gasteiger partial charge in [0.1, 0.15) is 5.75 Å². The minimum atomic E-state index is 0. The molecule has 1 unspecified atom stereocenters. The Morgan fingerprint density at radius 1 is 1.47 bits per heavy atom. The second kappa shape index (κ2) is 8.10. The number of hydrogen-bond acceptors (Lipinski definition) is 3. The number of halogens is 2. The zero-order valence-electron chi connectivity index (χ0n) is 11.5. The van der Waals surface area contributed by atoms with Gasteiger partial charge >= 0.3 is 0 Å². The van der Waals surface area contributed by atoms with E-state index in [2.05, 4.69) is 45.3 Å². The predicted molar refractivity (Wildman–Crippen MR) is 85.3 cm³/mol. The molecule has 0 amide bonds. The first kappa shape index (κ1) is 16.8. The van der Waals surface area contributed by atoms with E-state index in [9.17, 15) is 0 Å². The molecule has 1 N–H and O–H groups in total. The Morgan fingerprint density at radius 3 is 2.95 bits per heavy atom. The number of likely N-dealkylation sites (N-methyl/N-ethyl adjacent to an activating group) is 1. The highest BCUT2D eigenvalue weighted by Gasteiger charge is 2.19. The SMILES string of the molecule is CNC1CCCN(Cc2cc(OC)ccc2Br)C1.Cl. The summed E-state index contributed by atoms with van der Waals surface area (Å²) in [6, 6.07) is 6.80. The van der Waals surface area contributed by atoms with E-state index in [-0.39, 0.29) is 12.4 Å². The topological polar surface area (TPSA) is 24.5 Å². The van der Waals surface area contributed by atoms with Gasteiger partial charge in [-0.25, -0.2) is 0 Å². The van der Waals surface area contributed by atoms with E-state index in [1.807, 2.05) is 6.07 Å². The van der Waals surface area contributed by atoms with Gasteiger partial charge in [0.15, 0.2) is 0 Å². The maximum atomic E-state index is 5.29. The quantitative estimate of drug-likeness (QED) is 0.904. The van der Waals surface area contributed by atoms with Crippen LogP contribution in [-0.4, -0.2) is 38.2 Å². The number of ether oxygens (including phenoxy) is 1. The Balaban J connectivity index is 0.00000180. The van der Waals surface area contributed by atoms with Crippen LogP contribution in [0.2, 0.25) is 0 Å². The third kappa shape index (κ3) is 4.63. The van der Waals surface area contributed by atoms with Crippen molar-refractivity contribution < 1.29 is 4.74 Å². The molecule has 1 heterocycles. The standard InChI is InChI=1S/C14H21BrN2O.ClH/c1-16-12-4-3-7-17(10-12)9-11-8-13(18-2)5-6-14(11)15;/h5-6,8,12,16H,3-4,7,9-10H2,1-2H3;1H. The Kier molecular flexibility index (Phi) is 7.15. The van der Waals surface area contributed by atoms with Crippen molar-refractivity contribution in [2.75, 3.05) is 27.2 Å². The molecule has 0 aliphatic carbocycles. The molecule has 5 heteroatoms. The lowest BCUT2D eigenvalue weighted by Crippen LogP contribution is -2.43. The lowest BCUT2D eigenvalue weighted by atomic mass is 10.0. The Bertz CT molecular complexity index is 403. The van der Waals surface area contributed by atoms with Crippen molar-refractivity contribution in [1.29, 1.82) is 0 Å². The minimum Gasteiger partial charge on any atom is -0.497 e. The first-order valence-electron chi connectivity index (χ1n) is 6.45. The van der Waals surface area contributed by atoms with Crippen LogP contribution in [0.4, 0.5) is 0 Å². The van der Waals surface area contributed by atoms with Crippen molar-refractivity contribution in [2.24, 2.45) is 0 Å². The second-order valence-corrected chi connectivity index (χ2v) is 5.67. The Morgan fingerprint density at radius 2 is 2.26 bits per heavy atom. The highest BCUT2D eigenvalue weighted by atomic mass is 79.9. The fraction of sp³-hybridized carbons (Fsp3) is 0.571. The summed E-state index contributed by atoms with van der Waals surface area (Å²) in [5, 5.41) is 3.38. The van der Waals surface area contributed by atoms with Gasteiger partial charge in [0.25, 0.3) is 0 Å². The molecule has 0 radical (unpaired) electrons. The molecule has 0 spiro atoms. The highest BCUT2D eigenvalue weighted by molar-refractivity contribution is 9.10. The molecule has 1 aromatic carbocycles. The monoisotopic (exact) mass is 348 g/mol. The largest absolute Gasteiger partial charge is 0.497 e. The normalized spacial score (nSPS) is 19.8. The molecule has 1 saturated heterocycles. The fourth-order valence-corrected chi connectivity index (χ4v) is 2.85. The summed E-state index contributed by atoms with van der Waals surface area (Å²) < 4.78 is 6.45. The smallest absolute Gasteiger partial charge is 0.119 e. The molecule has 3 nitrogen and oxygen atoms in total. The van der Waals surface area contributed by atoms with Gasteiger partial charge < -0.3 is 10.1 Å². The number of rotatable bonds is 4. The van der Waals surface area contributed by atoms with Crippen molar-refractivity contribution >= 4 is 28.3 Å². The van der Waals surface area contributed by atoms with Crippen molar-refractivity contribution in [1.82, 2.24) is 10.2 Å². The summed E-state index contributed by atoms with van der Waals surface area (Å²) >= 11 is 3.62. The summed E-state index contributed by atoms with van der Waals surface area (Å²) in [6.45, 7) is 3.29. The first-order valence-corrected chi connectivity index (χ1v) is 7.24. The van der Waals surface area contributed by atoms with Gasteiger partial charge in [-0.2, -0.15) is 0 Å². The number of benzene rings is 1. The Hall–Kier alpha value is -0.290. The van der Waals surface area contributed by atoms with Gasteiger partial charge in [0.2, 0.25) is 0 Å². The van der Waals surface area contributed by atoms with Gasteiger partial charge in [0, 0.05) is 23.6 Å². The van der Waals surface area contributed by atoms with E-state index < -0.39 is 0 Å². The van der Waals surface area contributed by atoms with Crippen molar-refractivity contribution in [3.8, 4) is 5.75 Å². The molecule has 1 fully saturated rings. The third-order valence-corrected chi connectivity index (χ3v) is 4.33. The van der Waals surface area contributed by atoms with Crippen LogP contribution in [0.3, 0.4) is 0 Å². The lowest BCUT2D eigenvalue weighted by molar-refractivity contribution is 0.187. The molecule has 2 rings (SSSR count). The van der Waals surface area contributed by atoms with Gasteiger partial charge in [-0.1, -0.05) is 15.9 Å². The number of hydrogen-bond donors (Lipinski definition) is 1. The molecule has 108 valence electrons. The van der Waals surface area contributed by atoms with Crippen LogP contribution in [-0.2, 0) is 6.54 Å². The number of piperidine rings is 1. The molecule has 1 aliphatic rings. The first-order chi connectivity index (χ1) is 8.72. The maximum absolute atomic E-state index is 5.29. The van der Waals surface area contributed by atoms with Gasteiger partial charge in [-0.05, 0) is 50.2 Å². The summed E-state index contributed by atoms with van der Waals surface area (Å²) in [5.74, 6) is 0.926. The molecule has 0 aromatic heterocycles. The van der Waals surface area contributed by atoms with Crippen LogP contribution in [0.25, 0.3) is 0 Å². The average Bonchev–Trinajstić information content (AvgIpc) is 2.41. The van der Waals surface area contributed by atoms with Crippen molar-refractivity contribution in [2.45, 2.75) is 25.4 Å². The molecule has 1 aromatic rings. The summed E-state index contributed by atoms with van der Waals surface area (Å²) in [7, 11) is 3.76. The second-order valence-electron chi connectivity index (χ2n) is 4.82. The third-order valence-electron chi connectivity index (χ3n) is 3.56. The van der Waals surface area contributed by atoms with E-state index in [4.69, 9.17) is 4.74 Å². The molecule has 19 heavy (non-hydrogen) atoms. The van der Waals surface area contributed by atoms with Gasteiger partial charge in [0.05, 0.1) is 7.11 Å². The highest BCUT2D eigenvalue weighted by Crippen LogP contribution is 2.24. The number of methoxy groups -OCH3 is 1. The van der Waals surface area contributed by atoms with Crippen LogP contribution < -0.4 is 10.1 Å². The predicted octanol–water partition coefficient (Wildman–Crippen LogP) is 3.06. The summed E-state index contributed by atoms with van der Waals surface area (Å²) in [4.78, 5) is 2.50. The van der Waals surface area contributed by atoms with Crippen LogP contribution in [0.15, 0.2) is 22.7 Å². The summed E-state index contributed by atoms with van der Waals surface area (Å²) in [5.41, 5.74) is 1.30. The van der Waals surface area contributed by atoms with Crippen LogP contribution >= 0.6 is 28.3 Å². The molecule has 0 saturated carbocycles. The molecule has 1 atom stereocenters. The van der Waals surface area contributed by atoms with Crippen LogP contribution in [0.1, 0.15) is 18.4 Å². The Labute approximate surface area is 130 Å². The van der Waals surface area contributed by atoms with E-state index in [0.717, 1.165) is 23.3 Å². The fourth-order valence-electron chi connectivity index (χ4n) is 2.47.